The molecule has 254 valence electrons. The van der Waals surface area contributed by atoms with Gasteiger partial charge < -0.3 is 57.0 Å². The second-order valence-corrected chi connectivity index (χ2v) is 12.3. The molecule has 4 N–H and O–H groups in total. The highest BCUT2D eigenvalue weighted by Crippen LogP contribution is 2.58. The summed E-state index contributed by atoms with van der Waals surface area (Å²) < 4.78 is 46.6. The Hall–Kier alpha value is -2.62. The molecule has 11 atom stereocenters. The van der Waals surface area contributed by atoms with Crippen molar-refractivity contribution in [1.29, 1.82) is 0 Å². The van der Waals surface area contributed by atoms with E-state index >= 15 is 0 Å². The normalized spacial score (nSPS) is 21.1. The molecule has 0 aromatic heterocycles. The molecule has 0 saturated carbocycles. The van der Waals surface area contributed by atoms with Crippen molar-refractivity contribution in [1.82, 2.24) is 0 Å². The summed E-state index contributed by atoms with van der Waals surface area (Å²) in [6.07, 6.45) is -4.26. The summed E-state index contributed by atoms with van der Waals surface area (Å²) in [5.41, 5.74) is 2.35. The van der Waals surface area contributed by atoms with Crippen LogP contribution in [0.3, 0.4) is 0 Å². The van der Waals surface area contributed by atoms with Crippen LogP contribution in [-0.2, 0) is 6.42 Å². The summed E-state index contributed by atoms with van der Waals surface area (Å²) in [4.78, 5) is 0. The molecule has 0 spiro atoms. The van der Waals surface area contributed by atoms with Gasteiger partial charge in [0.1, 0.15) is 46.7 Å². The number of fused-ring (bicyclic) bond motifs is 2. The Kier molecular flexibility index (Phi) is 10.8. The van der Waals surface area contributed by atoms with Crippen molar-refractivity contribution >= 4 is 56.8 Å². The Labute approximate surface area is 289 Å². The monoisotopic (exact) mass is 770 g/mol. The van der Waals surface area contributed by atoms with Crippen molar-refractivity contribution in [2.75, 3.05) is 0 Å². The number of aromatic hydroxyl groups is 2. The van der Waals surface area contributed by atoms with E-state index in [1.807, 2.05) is 0 Å². The number of phenols is 2. The van der Waals surface area contributed by atoms with E-state index < -0.39 is 30.3 Å². The smallest absolute Gasteiger partial charge is 0.165 e. The molecule has 0 fully saturated rings. The Morgan fingerprint density at radius 1 is 0.583 bits per heavy atom. The van der Waals surface area contributed by atoms with Crippen LogP contribution in [-0.4, -0.2) is 32.6 Å². The molecule has 2 aliphatic heterocycles. The van der Waals surface area contributed by atoms with Crippen LogP contribution in [0.2, 0.25) is 0 Å². The van der Waals surface area contributed by atoms with Crippen LogP contribution in [0.25, 0.3) is 0 Å². The topological polar surface area (TPSA) is 155 Å². The van der Waals surface area contributed by atoms with Gasteiger partial charge in [-0.25, -0.2) is 0 Å². The lowest BCUT2D eigenvalue weighted by molar-refractivity contribution is 0.00190. The third-order valence-corrected chi connectivity index (χ3v) is 9.89. The number of aliphatic hydroxyl groups excluding tert-OH is 2. The fourth-order valence-electron chi connectivity index (χ4n) is 6.19. The van der Waals surface area contributed by atoms with Gasteiger partial charge in [0, 0.05) is 41.3 Å². The lowest BCUT2D eigenvalue weighted by Gasteiger charge is -2.41. The summed E-state index contributed by atoms with van der Waals surface area (Å²) in [7, 11) is 13.2. The maximum Gasteiger partial charge on any atom is 0.165 e. The maximum atomic E-state index is 12.4. The first-order valence-electron chi connectivity index (χ1n) is 14.1. The van der Waals surface area contributed by atoms with Crippen molar-refractivity contribution in [2.45, 2.75) is 36.8 Å². The van der Waals surface area contributed by atoms with E-state index in [2.05, 4.69) is 56.8 Å². The Morgan fingerprint density at radius 2 is 1.23 bits per heavy atom. The molecule has 4 aromatic carbocycles. The van der Waals surface area contributed by atoms with Crippen molar-refractivity contribution in [2.24, 2.45) is 0 Å². The van der Waals surface area contributed by atoms with Crippen LogP contribution < -0.4 is 36.6 Å². The summed E-state index contributed by atoms with van der Waals surface area (Å²) in [5.74, 6) is 1.18. The predicted molar refractivity (Wildman–Crippen MR) is 195 cm³/mol. The Morgan fingerprint density at radius 3 is 1.88 bits per heavy atom. The van der Waals surface area contributed by atoms with E-state index in [1.54, 1.807) is 42.5 Å². The van der Waals surface area contributed by atoms with Crippen molar-refractivity contribution < 1.29 is 57.0 Å². The van der Waals surface area contributed by atoms with Gasteiger partial charge in [-0.2, -0.15) is 0 Å². The van der Waals surface area contributed by atoms with Gasteiger partial charge in [-0.1, -0.05) is 12.1 Å². The first kappa shape index (κ1) is 35.2. The molecule has 48 heavy (non-hydrogen) atoms. The minimum Gasteiger partial charge on any atom is -0.504 e. The molecule has 12 nitrogen and oxygen atoms in total. The summed E-state index contributed by atoms with van der Waals surface area (Å²) in [6.45, 7) is 0. The van der Waals surface area contributed by atoms with Gasteiger partial charge in [-0.05, 0) is 35.4 Å². The maximum absolute atomic E-state index is 12.4. The number of phenolic OH excluding ortho intramolecular Hbond substituents is 2. The van der Waals surface area contributed by atoms with E-state index in [0.717, 1.165) is 0 Å². The van der Waals surface area contributed by atoms with E-state index in [9.17, 15) is 20.4 Å². The number of aliphatic hydroxyl groups is 2. The second kappa shape index (κ2) is 14.7. The van der Waals surface area contributed by atoms with Gasteiger partial charge in [-0.3, -0.25) is 0 Å². The molecule has 0 saturated heterocycles. The molecule has 0 aliphatic carbocycles. The standard InChI is InChI=1S/C30H32O12P6/c31-15-3-1-11(5-16(15)32)28-17(33)9-14-19(39-45)10-23(42-48)25(30(14)36-28)26-24-21(7-13(37-43)8-22(24)41-47)35-29(27(26)34)12-2-4-18(38-44)20(6-12)40-46/h1-8,10,17,26-29,31-34H,9,43-48H2. The van der Waals surface area contributed by atoms with E-state index in [1.165, 1.54) is 12.1 Å². The third-order valence-electron chi connectivity index (χ3n) is 8.35. The first-order chi connectivity index (χ1) is 23.2. The molecule has 2 aliphatic rings. The molecule has 2 heterocycles. The number of hydrogen-bond acceptors (Lipinski definition) is 12. The lowest BCUT2D eigenvalue weighted by atomic mass is 9.77. The fraction of sp³-hybridized carbons (Fsp3) is 0.200. The minimum atomic E-state index is -1.29. The van der Waals surface area contributed by atoms with Crippen molar-refractivity contribution in [3.63, 3.8) is 0 Å². The molecule has 4 aromatic rings. The van der Waals surface area contributed by atoms with Gasteiger partial charge in [0.25, 0.3) is 0 Å². The van der Waals surface area contributed by atoms with Crippen LogP contribution in [0.4, 0.5) is 0 Å². The molecular formula is C30H32O12P6. The van der Waals surface area contributed by atoms with Gasteiger partial charge in [-0.15, -0.1) is 0 Å². The van der Waals surface area contributed by atoms with Gasteiger partial charge in [0.15, 0.2) is 29.1 Å². The lowest BCUT2D eigenvalue weighted by Crippen LogP contribution is -2.37. The van der Waals surface area contributed by atoms with Gasteiger partial charge >= 0.3 is 0 Å². The molecule has 18 heteroatoms. The average molecular weight is 770 g/mol. The molecule has 0 bridgehead atoms. The quantitative estimate of drug-likeness (QED) is 0.121. The molecule has 0 amide bonds. The summed E-state index contributed by atoms with van der Waals surface area (Å²) in [5, 5.41) is 43.9. The number of rotatable bonds is 9. The molecule has 11 unspecified atom stereocenters. The Balaban J connectivity index is 1.61. The van der Waals surface area contributed by atoms with Crippen LogP contribution in [0, 0.1) is 0 Å². The minimum absolute atomic E-state index is 0.0727. The average Bonchev–Trinajstić information content (AvgIpc) is 3.11. The van der Waals surface area contributed by atoms with E-state index in [-0.39, 0.29) is 29.4 Å². The predicted octanol–water partition coefficient (Wildman–Crippen LogP) is 5.77. The van der Waals surface area contributed by atoms with Crippen LogP contribution in [0.15, 0.2) is 54.6 Å². The fourth-order valence-corrected chi connectivity index (χ4v) is 7.31. The summed E-state index contributed by atoms with van der Waals surface area (Å²) >= 11 is 0. The number of hydrogen-bond donors (Lipinski definition) is 4. The summed E-state index contributed by atoms with van der Waals surface area (Å²) in [6, 6.07) is 14.3. The number of benzene rings is 4. The van der Waals surface area contributed by atoms with Gasteiger partial charge in [0.05, 0.1) is 68.8 Å². The molecule has 6 rings (SSSR count). The highest BCUT2D eigenvalue weighted by Gasteiger charge is 2.47. The third kappa shape index (κ3) is 6.28. The van der Waals surface area contributed by atoms with E-state index in [4.69, 9.17) is 36.6 Å². The number of ether oxygens (including phenoxy) is 2. The molecule has 0 radical (unpaired) electrons. The van der Waals surface area contributed by atoms with Crippen LogP contribution >= 0.6 is 56.8 Å². The van der Waals surface area contributed by atoms with Crippen LogP contribution in [0.1, 0.15) is 45.9 Å². The van der Waals surface area contributed by atoms with Crippen molar-refractivity contribution in [3.8, 4) is 57.5 Å². The second-order valence-electron chi connectivity index (χ2n) is 10.9. The largest absolute Gasteiger partial charge is 0.504 e. The highest BCUT2D eigenvalue weighted by molar-refractivity contribution is 7.11. The molecular weight excluding hydrogens is 738 g/mol. The van der Waals surface area contributed by atoms with Crippen LogP contribution in [0.5, 0.6) is 57.5 Å². The SMILES string of the molecule is Oc1ccc(C2Oc3c(c(OP)cc(OP)c3C3c4c(OP)cc(OP)cc4OC(c4ccc(OP)c(OP)c4)C3O)CC2O)cc1O. The zero-order chi connectivity index (χ0) is 34.3. The zero-order valence-corrected chi connectivity index (χ0v) is 31.7. The first-order valence-corrected chi connectivity index (χ1v) is 16.9. The van der Waals surface area contributed by atoms with Crippen molar-refractivity contribution in [3.05, 3.63) is 82.4 Å². The highest BCUT2D eigenvalue weighted by atomic mass is 31.0. The van der Waals surface area contributed by atoms with E-state index in [0.29, 0.717) is 62.3 Å². The van der Waals surface area contributed by atoms with Gasteiger partial charge in [0.2, 0.25) is 0 Å². The Bertz CT molecular complexity index is 1850. The zero-order valence-electron chi connectivity index (χ0n) is 24.8.